The molecule has 1 aliphatic heterocycles. The summed E-state index contributed by atoms with van der Waals surface area (Å²) in [5.74, 6) is 0.760. The van der Waals surface area contributed by atoms with Gasteiger partial charge in [0.2, 0.25) is 0 Å². The van der Waals surface area contributed by atoms with Gasteiger partial charge in [-0.25, -0.2) is 9.37 Å². The minimum absolute atomic E-state index is 0.153. The van der Waals surface area contributed by atoms with E-state index < -0.39 is 5.82 Å². The molecular weight excluding hydrogens is 425 g/mol. The third-order valence-corrected chi connectivity index (χ3v) is 5.93. The van der Waals surface area contributed by atoms with Crippen molar-refractivity contribution < 1.29 is 18.7 Å². The van der Waals surface area contributed by atoms with Crippen LogP contribution >= 0.6 is 0 Å². The Morgan fingerprint density at radius 1 is 1.15 bits per heavy atom. The van der Waals surface area contributed by atoms with E-state index in [0.717, 1.165) is 17.1 Å². The molecule has 8 heteroatoms. The SMILES string of the molecule is Cc1cc(C(=O)Cn2cnc3cc(F)ccc3c2=O)c(C)n1C[C@H]1COc2ccccc2O1. The molecule has 0 bridgehead atoms. The van der Waals surface area contributed by atoms with E-state index in [0.29, 0.717) is 24.5 Å². The summed E-state index contributed by atoms with van der Waals surface area (Å²) in [6.45, 7) is 4.60. The summed E-state index contributed by atoms with van der Waals surface area (Å²) >= 11 is 0. The maximum absolute atomic E-state index is 13.4. The Kier molecular flexibility index (Phi) is 5.20. The first kappa shape index (κ1) is 20.9. The van der Waals surface area contributed by atoms with Crippen LogP contribution in [0.5, 0.6) is 11.5 Å². The molecular formula is C25H22FN3O4. The minimum Gasteiger partial charge on any atom is -0.486 e. The number of ether oxygens (including phenoxy) is 2. The lowest BCUT2D eigenvalue weighted by Crippen LogP contribution is -2.33. The molecule has 0 unspecified atom stereocenters. The molecule has 7 nitrogen and oxygen atoms in total. The van der Waals surface area contributed by atoms with Crippen molar-refractivity contribution in [2.24, 2.45) is 0 Å². The molecule has 0 N–H and O–H groups in total. The predicted molar refractivity (Wildman–Crippen MR) is 121 cm³/mol. The lowest BCUT2D eigenvalue weighted by Gasteiger charge is -2.27. The maximum atomic E-state index is 13.4. The predicted octanol–water partition coefficient (Wildman–Crippen LogP) is 3.68. The maximum Gasteiger partial charge on any atom is 0.261 e. The Morgan fingerprint density at radius 2 is 1.94 bits per heavy atom. The summed E-state index contributed by atoms with van der Waals surface area (Å²) in [7, 11) is 0. The number of fused-ring (bicyclic) bond motifs is 2. The van der Waals surface area contributed by atoms with Gasteiger partial charge in [-0.3, -0.25) is 14.2 Å². The van der Waals surface area contributed by atoms with E-state index in [1.165, 1.54) is 29.1 Å². The van der Waals surface area contributed by atoms with Gasteiger partial charge in [0, 0.05) is 23.0 Å². The van der Waals surface area contributed by atoms with Crippen LogP contribution < -0.4 is 15.0 Å². The van der Waals surface area contributed by atoms with Gasteiger partial charge in [-0.05, 0) is 44.2 Å². The van der Waals surface area contributed by atoms with Crippen molar-refractivity contribution in [1.82, 2.24) is 14.1 Å². The van der Waals surface area contributed by atoms with Gasteiger partial charge >= 0.3 is 0 Å². The number of benzene rings is 2. The van der Waals surface area contributed by atoms with Gasteiger partial charge in [-0.1, -0.05) is 12.1 Å². The molecule has 3 heterocycles. The Hall–Kier alpha value is -3.94. The molecule has 4 aromatic rings. The number of hydrogen-bond acceptors (Lipinski definition) is 5. The third kappa shape index (κ3) is 3.88. The second-order valence-electron chi connectivity index (χ2n) is 8.16. The fraction of sp³-hybridized carbons (Fsp3) is 0.240. The van der Waals surface area contributed by atoms with E-state index in [9.17, 15) is 14.0 Å². The smallest absolute Gasteiger partial charge is 0.261 e. The highest BCUT2D eigenvalue weighted by Crippen LogP contribution is 2.31. The van der Waals surface area contributed by atoms with Crippen molar-refractivity contribution in [2.45, 2.75) is 33.0 Å². The van der Waals surface area contributed by atoms with Crippen LogP contribution in [0.4, 0.5) is 4.39 Å². The first-order valence-electron chi connectivity index (χ1n) is 10.6. The number of rotatable bonds is 5. The average Bonchev–Trinajstić information content (AvgIpc) is 3.09. The molecule has 0 aliphatic carbocycles. The number of Topliss-reactive ketones (excluding diaryl/α,β-unsaturated/α-hetero) is 1. The van der Waals surface area contributed by atoms with Crippen LogP contribution in [0.1, 0.15) is 21.7 Å². The van der Waals surface area contributed by atoms with Crippen LogP contribution in [0.2, 0.25) is 0 Å². The number of carbonyl (C=O) groups is 1. The molecule has 168 valence electrons. The van der Waals surface area contributed by atoms with Crippen molar-refractivity contribution in [3.05, 3.63) is 88.0 Å². The fourth-order valence-electron chi connectivity index (χ4n) is 4.21. The van der Waals surface area contributed by atoms with Crippen molar-refractivity contribution in [2.75, 3.05) is 6.61 Å². The molecule has 33 heavy (non-hydrogen) atoms. The molecule has 2 aromatic carbocycles. The zero-order chi connectivity index (χ0) is 23.1. The zero-order valence-electron chi connectivity index (χ0n) is 18.2. The lowest BCUT2D eigenvalue weighted by atomic mass is 10.1. The fourth-order valence-corrected chi connectivity index (χ4v) is 4.21. The third-order valence-electron chi connectivity index (χ3n) is 5.93. The Morgan fingerprint density at radius 3 is 2.76 bits per heavy atom. The minimum atomic E-state index is -0.466. The summed E-state index contributed by atoms with van der Waals surface area (Å²) in [5.41, 5.74) is 2.13. The standard InChI is InChI=1S/C25H22FN3O4/c1-15-9-20(16(2)29(15)11-18-13-32-23-5-3-4-6-24(23)33-18)22(30)12-28-14-27-21-10-17(26)7-8-19(21)25(28)31/h3-10,14,18H,11-13H2,1-2H3/t18-/m0/s1. The summed E-state index contributed by atoms with van der Waals surface area (Å²) in [5, 5.41) is 0.270. The number of aromatic nitrogens is 3. The van der Waals surface area contributed by atoms with Crippen LogP contribution in [0.25, 0.3) is 10.9 Å². The van der Waals surface area contributed by atoms with E-state index in [1.807, 2.05) is 48.7 Å². The first-order chi connectivity index (χ1) is 15.9. The zero-order valence-corrected chi connectivity index (χ0v) is 18.2. The van der Waals surface area contributed by atoms with E-state index in [1.54, 1.807) is 0 Å². The van der Waals surface area contributed by atoms with Gasteiger partial charge in [0.05, 0.1) is 30.3 Å². The van der Waals surface area contributed by atoms with Gasteiger partial charge < -0.3 is 14.0 Å². The van der Waals surface area contributed by atoms with E-state index in [4.69, 9.17) is 9.47 Å². The number of halogens is 1. The number of carbonyl (C=O) groups excluding carboxylic acids is 1. The number of nitrogens with zero attached hydrogens (tertiary/aromatic N) is 3. The van der Waals surface area contributed by atoms with Gasteiger partial charge in [0.25, 0.3) is 5.56 Å². The second-order valence-corrected chi connectivity index (χ2v) is 8.16. The molecule has 1 atom stereocenters. The molecule has 0 radical (unpaired) electrons. The second kappa shape index (κ2) is 8.20. The van der Waals surface area contributed by atoms with Gasteiger partial charge in [-0.2, -0.15) is 0 Å². The monoisotopic (exact) mass is 447 g/mol. The van der Waals surface area contributed by atoms with E-state index in [-0.39, 0.29) is 34.9 Å². The highest BCUT2D eigenvalue weighted by molar-refractivity contribution is 5.97. The van der Waals surface area contributed by atoms with Crippen LogP contribution in [0.15, 0.2) is 59.7 Å². The van der Waals surface area contributed by atoms with Crippen LogP contribution in [0.3, 0.4) is 0 Å². The molecule has 0 saturated heterocycles. The van der Waals surface area contributed by atoms with Crippen molar-refractivity contribution in [3.8, 4) is 11.5 Å². The molecule has 0 fully saturated rings. The molecule has 1 aliphatic rings. The molecule has 0 amide bonds. The number of aryl methyl sites for hydroxylation is 1. The van der Waals surface area contributed by atoms with Crippen LogP contribution in [-0.4, -0.2) is 32.6 Å². The van der Waals surface area contributed by atoms with E-state index >= 15 is 0 Å². The lowest BCUT2D eigenvalue weighted by molar-refractivity contribution is 0.0777. The number of hydrogen-bond donors (Lipinski definition) is 0. The summed E-state index contributed by atoms with van der Waals surface area (Å²) in [6, 6.07) is 13.2. The molecule has 0 spiro atoms. The van der Waals surface area contributed by atoms with Gasteiger partial charge in [0.1, 0.15) is 12.4 Å². The number of ketones is 1. The average molecular weight is 447 g/mol. The molecule has 5 rings (SSSR count). The van der Waals surface area contributed by atoms with Crippen LogP contribution in [0, 0.1) is 19.7 Å². The summed E-state index contributed by atoms with van der Waals surface area (Å²) < 4.78 is 28.6. The first-order valence-corrected chi connectivity index (χ1v) is 10.6. The summed E-state index contributed by atoms with van der Waals surface area (Å²) in [6.07, 6.45) is 1.09. The largest absolute Gasteiger partial charge is 0.486 e. The topological polar surface area (TPSA) is 75.4 Å². The van der Waals surface area contributed by atoms with Crippen LogP contribution in [-0.2, 0) is 13.1 Å². The van der Waals surface area contributed by atoms with Gasteiger partial charge in [0.15, 0.2) is 23.4 Å². The highest BCUT2D eigenvalue weighted by Gasteiger charge is 2.24. The quantitative estimate of drug-likeness (QED) is 0.437. The molecule has 0 saturated carbocycles. The van der Waals surface area contributed by atoms with E-state index in [2.05, 4.69) is 4.98 Å². The molecule has 2 aromatic heterocycles. The Bertz CT molecular complexity index is 1440. The van der Waals surface area contributed by atoms with Crippen molar-refractivity contribution in [3.63, 3.8) is 0 Å². The normalized spacial score (nSPS) is 15.1. The van der Waals surface area contributed by atoms with Crippen molar-refractivity contribution >= 4 is 16.7 Å². The summed E-state index contributed by atoms with van der Waals surface area (Å²) in [4.78, 5) is 29.9. The Labute approximate surface area is 189 Å². The van der Waals surface area contributed by atoms with Gasteiger partial charge in [-0.15, -0.1) is 0 Å². The van der Waals surface area contributed by atoms with Crippen molar-refractivity contribution in [1.29, 1.82) is 0 Å². The number of para-hydroxylation sites is 2. The highest BCUT2D eigenvalue weighted by atomic mass is 19.1. The Balaban J connectivity index is 1.37.